The minimum atomic E-state index is 0.738. The molecule has 4 aromatic rings. The Balaban J connectivity index is 2.07. The number of nitrogens with two attached hydrogens (primary N) is 1. The topological polar surface area (TPSA) is 63.4 Å². The Morgan fingerprint density at radius 2 is 1.58 bits per heavy atom. The van der Waals surface area contributed by atoms with Crippen molar-refractivity contribution in [1.82, 2.24) is 4.98 Å². The molecule has 4 rings (SSSR count). The molecule has 0 aliphatic rings. The zero-order chi connectivity index (χ0) is 17.9. The van der Waals surface area contributed by atoms with E-state index in [1.807, 2.05) is 36.4 Å². The maximum Gasteiger partial charge on any atom is 0.128 e. The smallest absolute Gasteiger partial charge is 0.128 e. The Morgan fingerprint density at radius 1 is 0.923 bits per heavy atom. The Hall–Kier alpha value is -3.53. The highest BCUT2D eigenvalue weighted by Crippen LogP contribution is 2.40. The number of hydrogen-bond acceptors (Lipinski definition) is 3. The number of hydrazone groups is 1. The first kappa shape index (κ1) is 16.0. The Labute approximate surface area is 151 Å². The van der Waals surface area contributed by atoms with Crippen LogP contribution < -0.4 is 10.6 Å². The molecular formula is C22H19N3O. The molecule has 4 heteroatoms. The molecule has 0 saturated heterocycles. The monoisotopic (exact) mass is 341 g/mol. The van der Waals surface area contributed by atoms with Gasteiger partial charge in [0, 0.05) is 22.0 Å². The van der Waals surface area contributed by atoms with Gasteiger partial charge in [0.1, 0.15) is 5.75 Å². The van der Waals surface area contributed by atoms with E-state index in [1.54, 1.807) is 13.3 Å². The van der Waals surface area contributed by atoms with Crippen LogP contribution in [-0.2, 0) is 0 Å². The van der Waals surface area contributed by atoms with E-state index in [-0.39, 0.29) is 0 Å². The van der Waals surface area contributed by atoms with Crippen molar-refractivity contribution in [2.45, 2.75) is 0 Å². The van der Waals surface area contributed by atoms with Crippen molar-refractivity contribution < 1.29 is 4.74 Å². The van der Waals surface area contributed by atoms with Crippen LogP contribution in [0.25, 0.3) is 33.3 Å². The number of benzene rings is 3. The molecule has 0 spiro atoms. The highest BCUT2D eigenvalue weighted by Gasteiger charge is 2.17. The molecule has 4 nitrogen and oxygen atoms in total. The normalized spacial score (nSPS) is 11.3. The third kappa shape index (κ3) is 2.71. The average Bonchev–Trinajstić information content (AvgIpc) is 3.07. The minimum absolute atomic E-state index is 0.738. The zero-order valence-corrected chi connectivity index (χ0v) is 14.4. The SMILES string of the molecule is COc1cc2c(-c3ccccc3)c(-c3ccccc3)[nH]c2cc1/C=N/N. The summed E-state index contributed by atoms with van der Waals surface area (Å²) in [6, 6.07) is 24.8. The number of nitrogens with zero attached hydrogens (tertiary/aromatic N) is 1. The molecule has 1 aromatic heterocycles. The molecule has 0 bridgehead atoms. The van der Waals surface area contributed by atoms with Gasteiger partial charge in [-0.25, -0.2) is 0 Å². The Kier molecular flexibility index (Phi) is 4.15. The van der Waals surface area contributed by atoms with Crippen LogP contribution in [0.15, 0.2) is 77.9 Å². The number of ether oxygens (including phenoxy) is 1. The van der Waals surface area contributed by atoms with Crippen molar-refractivity contribution in [3.63, 3.8) is 0 Å². The Bertz CT molecular complexity index is 1070. The number of nitrogens with one attached hydrogen (secondary N) is 1. The summed E-state index contributed by atoms with van der Waals surface area (Å²) >= 11 is 0. The predicted molar refractivity (Wildman–Crippen MR) is 108 cm³/mol. The van der Waals surface area contributed by atoms with Gasteiger partial charge in [-0.1, -0.05) is 60.7 Å². The fourth-order valence-electron chi connectivity index (χ4n) is 3.32. The molecule has 0 unspecified atom stereocenters. The van der Waals surface area contributed by atoms with Crippen LogP contribution in [0.1, 0.15) is 5.56 Å². The molecule has 0 saturated carbocycles. The molecule has 128 valence electrons. The van der Waals surface area contributed by atoms with Gasteiger partial charge >= 0.3 is 0 Å². The summed E-state index contributed by atoms with van der Waals surface area (Å²) in [5.74, 6) is 6.09. The van der Waals surface area contributed by atoms with Crippen LogP contribution >= 0.6 is 0 Å². The molecule has 0 fully saturated rings. The summed E-state index contributed by atoms with van der Waals surface area (Å²) in [5.41, 5.74) is 6.37. The minimum Gasteiger partial charge on any atom is -0.496 e. The van der Waals surface area contributed by atoms with Crippen molar-refractivity contribution in [1.29, 1.82) is 0 Å². The van der Waals surface area contributed by atoms with E-state index in [1.165, 1.54) is 0 Å². The third-order valence-corrected chi connectivity index (χ3v) is 4.49. The van der Waals surface area contributed by atoms with E-state index in [4.69, 9.17) is 10.6 Å². The number of fused-ring (bicyclic) bond motifs is 1. The second kappa shape index (κ2) is 6.76. The van der Waals surface area contributed by atoms with Crippen LogP contribution in [0.3, 0.4) is 0 Å². The molecule has 26 heavy (non-hydrogen) atoms. The highest BCUT2D eigenvalue weighted by atomic mass is 16.5. The first-order chi connectivity index (χ1) is 12.8. The van der Waals surface area contributed by atoms with Crippen LogP contribution in [0, 0.1) is 0 Å². The van der Waals surface area contributed by atoms with Crippen molar-refractivity contribution in [3.05, 3.63) is 78.4 Å². The second-order valence-corrected chi connectivity index (χ2v) is 6.02. The van der Waals surface area contributed by atoms with E-state index in [0.717, 1.165) is 44.6 Å². The van der Waals surface area contributed by atoms with Crippen LogP contribution in [0.2, 0.25) is 0 Å². The van der Waals surface area contributed by atoms with Gasteiger partial charge in [0.25, 0.3) is 0 Å². The van der Waals surface area contributed by atoms with Crippen molar-refractivity contribution in [2.75, 3.05) is 7.11 Å². The van der Waals surface area contributed by atoms with Gasteiger partial charge < -0.3 is 15.6 Å². The number of aromatic amines is 1. The van der Waals surface area contributed by atoms with Gasteiger partial charge in [-0.15, -0.1) is 0 Å². The quantitative estimate of drug-likeness (QED) is 0.318. The maximum absolute atomic E-state index is 5.55. The first-order valence-electron chi connectivity index (χ1n) is 8.39. The molecule has 0 aliphatic carbocycles. The van der Waals surface area contributed by atoms with Gasteiger partial charge in [-0.05, 0) is 23.3 Å². The molecule has 3 N–H and O–H groups in total. The van der Waals surface area contributed by atoms with Crippen LogP contribution in [0.5, 0.6) is 5.75 Å². The first-order valence-corrected chi connectivity index (χ1v) is 8.39. The van der Waals surface area contributed by atoms with Crippen molar-refractivity contribution >= 4 is 17.1 Å². The fourth-order valence-corrected chi connectivity index (χ4v) is 3.32. The number of aromatic nitrogens is 1. The summed E-state index contributed by atoms with van der Waals surface area (Å²) in [6.07, 6.45) is 1.60. The summed E-state index contributed by atoms with van der Waals surface area (Å²) in [4.78, 5) is 3.57. The molecule has 3 aromatic carbocycles. The Morgan fingerprint density at radius 3 is 2.19 bits per heavy atom. The predicted octanol–water partition coefficient (Wildman–Crippen LogP) is 4.80. The van der Waals surface area contributed by atoms with Gasteiger partial charge in [-0.2, -0.15) is 5.10 Å². The second-order valence-electron chi connectivity index (χ2n) is 6.02. The lowest BCUT2D eigenvalue weighted by molar-refractivity contribution is 0.415. The van der Waals surface area contributed by atoms with Gasteiger partial charge in [0.05, 0.1) is 19.0 Å². The van der Waals surface area contributed by atoms with Crippen molar-refractivity contribution in [3.8, 4) is 28.1 Å². The zero-order valence-electron chi connectivity index (χ0n) is 14.4. The van der Waals surface area contributed by atoms with Gasteiger partial charge in [0.2, 0.25) is 0 Å². The fraction of sp³-hybridized carbons (Fsp3) is 0.0455. The van der Waals surface area contributed by atoms with Gasteiger partial charge in [-0.3, -0.25) is 0 Å². The molecular weight excluding hydrogens is 322 g/mol. The molecule has 0 atom stereocenters. The molecule has 0 aliphatic heterocycles. The molecule has 1 heterocycles. The number of H-pyrrole nitrogens is 1. The summed E-state index contributed by atoms with van der Waals surface area (Å²) < 4.78 is 5.55. The average molecular weight is 341 g/mol. The van der Waals surface area contributed by atoms with Crippen LogP contribution in [0.4, 0.5) is 0 Å². The van der Waals surface area contributed by atoms with Crippen LogP contribution in [-0.4, -0.2) is 18.3 Å². The lowest BCUT2D eigenvalue weighted by Crippen LogP contribution is -1.93. The largest absolute Gasteiger partial charge is 0.496 e. The third-order valence-electron chi connectivity index (χ3n) is 4.49. The van der Waals surface area contributed by atoms with E-state index in [0.29, 0.717) is 0 Å². The maximum atomic E-state index is 5.55. The lowest BCUT2D eigenvalue weighted by Gasteiger charge is -2.07. The number of rotatable bonds is 4. The summed E-state index contributed by atoms with van der Waals surface area (Å²) in [5, 5.41) is 4.75. The van der Waals surface area contributed by atoms with E-state index in [2.05, 4.69) is 46.5 Å². The molecule has 0 amide bonds. The van der Waals surface area contributed by atoms with E-state index >= 15 is 0 Å². The molecule has 0 radical (unpaired) electrons. The lowest BCUT2D eigenvalue weighted by atomic mass is 9.98. The summed E-state index contributed by atoms with van der Waals surface area (Å²) in [6.45, 7) is 0. The van der Waals surface area contributed by atoms with Crippen molar-refractivity contribution in [2.24, 2.45) is 10.9 Å². The number of hydrogen-bond donors (Lipinski definition) is 2. The summed E-state index contributed by atoms with van der Waals surface area (Å²) in [7, 11) is 1.65. The standard InChI is InChI=1S/C22H19N3O/c1-26-20-13-18-19(12-17(20)14-24-23)25-22(16-10-6-3-7-11-16)21(18)15-8-4-2-5-9-15/h2-14,25H,23H2,1H3/b24-14+. The highest BCUT2D eigenvalue weighted by molar-refractivity contribution is 6.06. The van der Waals surface area contributed by atoms with E-state index < -0.39 is 0 Å². The number of methoxy groups -OCH3 is 1. The van der Waals surface area contributed by atoms with Gasteiger partial charge in [0.15, 0.2) is 0 Å². The van der Waals surface area contributed by atoms with E-state index in [9.17, 15) is 0 Å².